The number of aromatic nitrogens is 3. The molecule has 26 nitrogen and oxygen atoms in total. The van der Waals surface area contributed by atoms with Gasteiger partial charge in [-0.05, 0) is 47.9 Å². The van der Waals surface area contributed by atoms with Crippen molar-refractivity contribution in [2.45, 2.75) is 103 Å². The largest absolute Gasteiger partial charge is 0.497 e. The highest BCUT2D eigenvalue weighted by atomic mass is 16.7. The van der Waals surface area contributed by atoms with E-state index in [9.17, 15) is 47.9 Å². The minimum Gasteiger partial charge on any atom is -0.497 e. The van der Waals surface area contributed by atoms with Crippen molar-refractivity contribution in [1.82, 2.24) is 24.3 Å². The topological polar surface area (TPSA) is 311 Å². The van der Waals surface area contributed by atoms with Gasteiger partial charge in [-0.1, -0.05) is 54.6 Å². The molecule has 4 aromatic rings. The summed E-state index contributed by atoms with van der Waals surface area (Å²) in [6, 6.07) is 22.6. The van der Waals surface area contributed by atoms with Gasteiger partial charge in [-0.25, -0.2) is 28.1 Å². The van der Waals surface area contributed by atoms with Crippen molar-refractivity contribution in [3.63, 3.8) is 0 Å². The zero-order chi connectivity index (χ0) is 59.1. The molecule has 26 heteroatoms. The Balaban J connectivity index is 1.24. The van der Waals surface area contributed by atoms with Crippen LogP contribution in [-0.4, -0.2) is 159 Å². The molecule has 5 rings (SSSR count). The standard InChI is InChI=1S/C55H69N5O21/c1-35(61)13-22-47(67)75-27-25-59-52(68)58(53(69)60(54(59)70)26-28-78-55(40-11-9-8-10-12-40,41-14-18-43(71-6)19-15-41)42-16-20-44(72-7)21-17-42)24-23-56-46(66)34-74-30-29-73-31-32-76-51-48(57-36(2)62)50(80-39(5)65)49(79-38(4)64)45(81-51)33-77-37(3)63/h8-12,14-21,45,48-51H,13,22-34H2,1-7H3,(H,56,66)(H,57,62). The summed E-state index contributed by atoms with van der Waals surface area (Å²) >= 11 is 0. The lowest BCUT2D eigenvalue weighted by molar-refractivity contribution is -0.279. The number of methoxy groups -OCH3 is 2. The van der Waals surface area contributed by atoms with E-state index in [0.29, 0.717) is 28.2 Å². The van der Waals surface area contributed by atoms with Gasteiger partial charge in [0.15, 0.2) is 18.5 Å². The van der Waals surface area contributed by atoms with Crippen LogP contribution in [0, 0.1) is 0 Å². The van der Waals surface area contributed by atoms with Gasteiger partial charge in [0.2, 0.25) is 11.8 Å². The highest BCUT2D eigenvalue weighted by molar-refractivity contribution is 5.81. The number of esters is 4. The van der Waals surface area contributed by atoms with E-state index in [2.05, 4.69) is 10.6 Å². The highest BCUT2D eigenvalue weighted by Crippen LogP contribution is 2.41. The zero-order valence-corrected chi connectivity index (χ0v) is 46.2. The molecule has 1 fully saturated rings. The number of ether oxygens (including phenoxy) is 11. The Kier molecular flexibility index (Phi) is 24.9. The van der Waals surface area contributed by atoms with Gasteiger partial charge in [0.25, 0.3) is 0 Å². The number of rotatable bonds is 32. The maximum Gasteiger partial charge on any atom is 0.336 e. The Bertz CT molecular complexity index is 2890. The third kappa shape index (κ3) is 18.5. The van der Waals surface area contributed by atoms with Gasteiger partial charge in [0.1, 0.15) is 54.8 Å². The number of benzene rings is 3. The molecule has 0 saturated carbocycles. The van der Waals surface area contributed by atoms with Crippen LogP contribution in [0.3, 0.4) is 0 Å². The van der Waals surface area contributed by atoms with Crippen LogP contribution in [0.1, 0.15) is 64.2 Å². The van der Waals surface area contributed by atoms with E-state index in [1.54, 1.807) is 38.5 Å². The third-order valence-electron chi connectivity index (χ3n) is 12.3. The second-order valence-corrected chi connectivity index (χ2v) is 18.2. The van der Waals surface area contributed by atoms with Crippen LogP contribution >= 0.6 is 0 Å². The first-order chi connectivity index (χ1) is 38.8. The molecule has 5 unspecified atom stereocenters. The number of Topliss-reactive ketones (excluding diaryl/α,β-unsaturated/α-hetero) is 1. The predicted molar refractivity (Wildman–Crippen MR) is 283 cm³/mol. The molecule has 1 aliphatic heterocycles. The van der Waals surface area contributed by atoms with E-state index in [0.717, 1.165) is 34.5 Å². The van der Waals surface area contributed by atoms with Crippen molar-refractivity contribution in [3.8, 4) is 11.5 Å². The average Bonchev–Trinajstić information content (AvgIpc) is 3.62. The number of ketones is 1. The van der Waals surface area contributed by atoms with Crippen LogP contribution in [0.5, 0.6) is 11.5 Å². The number of amides is 2. The summed E-state index contributed by atoms with van der Waals surface area (Å²) in [6.07, 6.45) is -5.37. The van der Waals surface area contributed by atoms with Crippen LogP contribution in [0.25, 0.3) is 0 Å². The molecule has 440 valence electrons. The van der Waals surface area contributed by atoms with Gasteiger partial charge in [-0.15, -0.1) is 0 Å². The van der Waals surface area contributed by atoms with E-state index >= 15 is 0 Å². The second kappa shape index (κ2) is 31.7. The molecule has 3 aromatic carbocycles. The number of nitrogens with one attached hydrogen (secondary N) is 2. The molecule has 1 aliphatic rings. The summed E-state index contributed by atoms with van der Waals surface area (Å²) < 4.78 is 64.1. The van der Waals surface area contributed by atoms with Crippen LogP contribution in [0.4, 0.5) is 0 Å². The summed E-state index contributed by atoms with van der Waals surface area (Å²) in [5.41, 5.74) is -2.35. The van der Waals surface area contributed by atoms with Crippen molar-refractivity contribution in [3.05, 3.63) is 127 Å². The van der Waals surface area contributed by atoms with Gasteiger partial charge < -0.3 is 67.5 Å². The molecule has 0 bridgehead atoms. The van der Waals surface area contributed by atoms with Crippen LogP contribution in [-0.2, 0) is 101 Å². The molecule has 1 saturated heterocycles. The minimum absolute atomic E-state index is 0.0319. The van der Waals surface area contributed by atoms with Crippen molar-refractivity contribution in [2.24, 2.45) is 0 Å². The lowest BCUT2D eigenvalue weighted by Crippen LogP contribution is -2.66. The number of carbonyl (C=O) groups excluding carboxylic acids is 7. The van der Waals surface area contributed by atoms with Crippen molar-refractivity contribution < 1.29 is 85.7 Å². The molecule has 0 radical (unpaired) electrons. The van der Waals surface area contributed by atoms with Crippen LogP contribution in [0.15, 0.2) is 93.2 Å². The van der Waals surface area contributed by atoms with Crippen LogP contribution < -0.4 is 37.2 Å². The first kappa shape index (κ1) is 63.8. The molecule has 2 N–H and O–H groups in total. The van der Waals surface area contributed by atoms with Gasteiger partial charge in [0.05, 0.1) is 66.8 Å². The minimum atomic E-state index is -1.33. The van der Waals surface area contributed by atoms with Crippen molar-refractivity contribution in [1.29, 1.82) is 0 Å². The van der Waals surface area contributed by atoms with E-state index in [1.165, 1.54) is 13.8 Å². The first-order valence-electron chi connectivity index (χ1n) is 25.8. The van der Waals surface area contributed by atoms with Gasteiger partial charge in [-0.3, -0.25) is 28.8 Å². The average molecular weight is 1140 g/mol. The molecule has 2 amide bonds. The van der Waals surface area contributed by atoms with Gasteiger partial charge in [0, 0.05) is 47.2 Å². The molecular formula is C55H69N5O21. The maximum absolute atomic E-state index is 14.2. The molecule has 0 spiro atoms. The van der Waals surface area contributed by atoms with E-state index < -0.39 is 122 Å². The second-order valence-electron chi connectivity index (χ2n) is 18.2. The predicted octanol–water partition coefficient (Wildman–Crippen LogP) is 0.932. The lowest BCUT2D eigenvalue weighted by Gasteiger charge is -2.44. The smallest absolute Gasteiger partial charge is 0.336 e. The lowest BCUT2D eigenvalue weighted by atomic mass is 9.80. The van der Waals surface area contributed by atoms with Crippen molar-refractivity contribution in [2.75, 3.05) is 73.6 Å². The molecule has 0 aliphatic carbocycles. The maximum atomic E-state index is 14.2. The van der Waals surface area contributed by atoms with Crippen LogP contribution in [0.2, 0.25) is 0 Å². The van der Waals surface area contributed by atoms with Gasteiger partial charge in [-0.2, -0.15) is 0 Å². The molecule has 5 atom stereocenters. The molecular weight excluding hydrogens is 1070 g/mol. The molecule has 2 heterocycles. The Labute approximate surface area is 465 Å². The summed E-state index contributed by atoms with van der Waals surface area (Å²) in [5.74, 6) is -3.17. The highest BCUT2D eigenvalue weighted by Gasteiger charge is 2.51. The fraction of sp³-hybridized carbons (Fsp3) is 0.491. The van der Waals surface area contributed by atoms with Gasteiger partial charge >= 0.3 is 40.9 Å². The fourth-order valence-corrected chi connectivity index (χ4v) is 8.62. The SMILES string of the molecule is COc1ccc(C(OCCn2c(=O)n(CCNC(=O)COCCOCCOC3OC(COC(C)=O)C(OC(C)=O)C(OC(C)=O)C3NC(C)=O)c(=O)n(CCOC(=O)CCC(C)=O)c2=O)(c2ccccc2)c2ccc(OC)cc2)cc1. The number of hydrogen-bond acceptors (Lipinski definition) is 21. The summed E-state index contributed by atoms with van der Waals surface area (Å²) in [5, 5.41) is 5.17. The van der Waals surface area contributed by atoms with E-state index in [1.807, 2.05) is 54.6 Å². The summed E-state index contributed by atoms with van der Waals surface area (Å²) in [6.45, 7) is 2.50. The van der Waals surface area contributed by atoms with E-state index in [4.69, 9.17) is 52.1 Å². The number of nitrogens with zero attached hydrogens (tertiary/aromatic N) is 3. The zero-order valence-electron chi connectivity index (χ0n) is 46.2. The molecule has 81 heavy (non-hydrogen) atoms. The Hall–Kier alpha value is -8.04. The first-order valence-corrected chi connectivity index (χ1v) is 25.8. The Morgan fingerprint density at radius 1 is 0.580 bits per heavy atom. The van der Waals surface area contributed by atoms with E-state index in [-0.39, 0.29) is 64.7 Å². The normalized spacial score (nSPS) is 16.8. The number of hydrogen-bond donors (Lipinski definition) is 2. The quantitative estimate of drug-likeness (QED) is 0.0297. The third-order valence-corrected chi connectivity index (χ3v) is 12.3. The monoisotopic (exact) mass is 1140 g/mol. The fourth-order valence-electron chi connectivity index (χ4n) is 8.62. The Morgan fingerprint density at radius 2 is 1.11 bits per heavy atom. The summed E-state index contributed by atoms with van der Waals surface area (Å²) in [4.78, 5) is 127. The summed E-state index contributed by atoms with van der Waals surface area (Å²) in [7, 11) is 3.08. The Morgan fingerprint density at radius 3 is 1.65 bits per heavy atom. The molecule has 1 aromatic heterocycles. The number of carbonyl (C=O) groups is 7. The van der Waals surface area contributed by atoms with Crippen molar-refractivity contribution >= 4 is 41.5 Å².